The standard InChI is InChI=1S/C17H20FNO2/c1-12(2)14-7-8-19(11-14)17(21)15-6-5-13(4-3-9-20)10-16(15)18/h5-6,10,12,14,20H,7-9,11H2,1-2H3. The maximum absolute atomic E-state index is 14.1. The summed E-state index contributed by atoms with van der Waals surface area (Å²) in [6.07, 6.45) is 0.977. The Balaban J connectivity index is 2.13. The number of amides is 1. The lowest BCUT2D eigenvalue weighted by atomic mass is 9.95. The molecule has 2 rings (SSSR count). The number of nitrogens with zero attached hydrogens (tertiary/aromatic N) is 1. The van der Waals surface area contributed by atoms with Crippen molar-refractivity contribution in [3.05, 3.63) is 35.1 Å². The fourth-order valence-electron chi connectivity index (χ4n) is 2.59. The summed E-state index contributed by atoms with van der Waals surface area (Å²) in [6.45, 7) is 5.41. The molecule has 3 nitrogen and oxygen atoms in total. The van der Waals surface area contributed by atoms with Crippen LogP contribution in [-0.2, 0) is 0 Å². The number of carbonyl (C=O) groups excluding carboxylic acids is 1. The summed E-state index contributed by atoms with van der Waals surface area (Å²) in [5.74, 6) is 5.30. The monoisotopic (exact) mass is 289 g/mol. The lowest BCUT2D eigenvalue weighted by Gasteiger charge is -2.18. The normalized spacial score (nSPS) is 17.8. The van der Waals surface area contributed by atoms with Gasteiger partial charge in [0.15, 0.2) is 0 Å². The van der Waals surface area contributed by atoms with Gasteiger partial charge < -0.3 is 10.0 Å². The van der Waals surface area contributed by atoms with Gasteiger partial charge in [-0.25, -0.2) is 4.39 Å². The Labute approximate surface area is 124 Å². The second-order valence-corrected chi connectivity index (χ2v) is 5.70. The number of hydrogen-bond donors (Lipinski definition) is 1. The quantitative estimate of drug-likeness (QED) is 0.849. The van der Waals surface area contributed by atoms with E-state index in [2.05, 4.69) is 25.7 Å². The molecule has 1 aromatic carbocycles. The maximum atomic E-state index is 14.1. The Morgan fingerprint density at radius 2 is 2.29 bits per heavy atom. The maximum Gasteiger partial charge on any atom is 0.256 e. The van der Waals surface area contributed by atoms with Crippen LogP contribution in [0.15, 0.2) is 18.2 Å². The van der Waals surface area contributed by atoms with Crippen molar-refractivity contribution < 1.29 is 14.3 Å². The van der Waals surface area contributed by atoms with Gasteiger partial charge in [-0.3, -0.25) is 4.79 Å². The molecule has 0 aliphatic carbocycles. The summed E-state index contributed by atoms with van der Waals surface area (Å²) < 4.78 is 14.1. The summed E-state index contributed by atoms with van der Waals surface area (Å²) in [5, 5.41) is 8.62. The van der Waals surface area contributed by atoms with Gasteiger partial charge >= 0.3 is 0 Å². The highest BCUT2D eigenvalue weighted by molar-refractivity contribution is 5.94. The molecule has 1 heterocycles. The Bertz CT molecular complexity index is 586. The van der Waals surface area contributed by atoms with Gasteiger partial charge in [0.25, 0.3) is 5.91 Å². The Kier molecular flexibility index (Phi) is 4.98. The number of aliphatic hydroxyl groups is 1. The smallest absolute Gasteiger partial charge is 0.256 e. The van der Waals surface area contributed by atoms with Crippen LogP contribution in [0.3, 0.4) is 0 Å². The van der Waals surface area contributed by atoms with Crippen molar-refractivity contribution in [2.75, 3.05) is 19.7 Å². The number of hydrogen-bond acceptors (Lipinski definition) is 2. The molecule has 1 aliphatic heterocycles. The SMILES string of the molecule is CC(C)C1CCN(C(=O)c2ccc(C#CCO)cc2F)C1. The van der Waals surface area contributed by atoms with Crippen LogP contribution in [-0.4, -0.2) is 35.6 Å². The molecule has 1 aliphatic rings. The van der Waals surface area contributed by atoms with E-state index < -0.39 is 5.82 Å². The minimum atomic E-state index is -0.558. The molecule has 0 bridgehead atoms. The van der Waals surface area contributed by atoms with E-state index in [0.717, 1.165) is 6.42 Å². The van der Waals surface area contributed by atoms with Crippen LogP contribution in [0.5, 0.6) is 0 Å². The van der Waals surface area contributed by atoms with E-state index in [0.29, 0.717) is 30.5 Å². The van der Waals surface area contributed by atoms with Crippen LogP contribution < -0.4 is 0 Å². The Hall–Kier alpha value is -1.86. The zero-order valence-electron chi connectivity index (χ0n) is 12.4. The largest absolute Gasteiger partial charge is 0.384 e. The third-order valence-electron chi connectivity index (χ3n) is 3.97. The molecule has 1 fully saturated rings. The lowest BCUT2D eigenvalue weighted by Crippen LogP contribution is -2.30. The summed E-state index contributed by atoms with van der Waals surface area (Å²) in [4.78, 5) is 14.1. The highest BCUT2D eigenvalue weighted by Crippen LogP contribution is 2.25. The first kappa shape index (κ1) is 15.5. The lowest BCUT2D eigenvalue weighted by molar-refractivity contribution is 0.0779. The number of benzene rings is 1. The topological polar surface area (TPSA) is 40.5 Å². The molecule has 1 aromatic rings. The number of aliphatic hydroxyl groups excluding tert-OH is 1. The van der Waals surface area contributed by atoms with Crippen molar-refractivity contribution in [1.82, 2.24) is 4.90 Å². The molecule has 1 unspecified atom stereocenters. The molecule has 4 heteroatoms. The molecular weight excluding hydrogens is 269 g/mol. The van der Waals surface area contributed by atoms with Crippen LogP contribution >= 0.6 is 0 Å². The zero-order valence-corrected chi connectivity index (χ0v) is 12.4. The predicted octanol–water partition coefficient (Wildman–Crippen LogP) is 2.29. The zero-order chi connectivity index (χ0) is 15.4. The van der Waals surface area contributed by atoms with Crippen molar-refractivity contribution in [2.24, 2.45) is 11.8 Å². The number of carbonyl (C=O) groups is 1. The minimum Gasteiger partial charge on any atom is -0.384 e. The highest BCUT2D eigenvalue weighted by atomic mass is 19.1. The molecule has 1 atom stereocenters. The first-order valence-electron chi connectivity index (χ1n) is 7.21. The van der Waals surface area contributed by atoms with Gasteiger partial charge in [0, 0.05) is 18.7 Å². The van der Waals surface area contributed by atoms with E-state index >= 15 is 0 Å². The predicted molar refractivity (Wildman–Crippen MR) is 79.2 cm³/mol. The van der Waals surface area contributed by atoms with Gasteiger partial charge in [-0.1, -0.05) is 25.7 Å². The minimum absolute atomic E-state index is 0.0916. The molecule has 0 spiro atoms. The van der Waals surface area contributed by atoms with E-state index in [4.69, 9.17) is 5.11 Å². The third kappa shape index (κ3) is 3.62. The second kappa shape index (κ2) is 6.73. The van der Waals surface area contributed by atoms with E-state index in [1.165, 1.54) is 12.1 Å². The third-order valence-corrected chi connectivity index (χ3v) is 3.97. The van der Waals surface area contributed by atoms with Crippen molar-refractivity contribution in [3.8, 4) is 11.8 Å². The second-order valence-electron chi connectivity index (χ2n) is 5.70. The molecule has 1 amide bonds. The first-order chi connectivity index (χ1) is 10.0. The van der Waals surface area contributed by atoms with Gasteiger partial charge in [-0.2, -0.15) is 0 Å². The van der Waals surface area contributed by atoms with Gasteiger partial charge in [0.2, 0.25) is 0 Å². The fourth-order valence-corrected chi connectivity index (χ4v) is 2.59. The van der Waals surface area contributed by atoms with E-state index in [9.17, 15) is 9.18 Å². The van der Waals surface area contributed by atoms with Crippen LogP contribution in [0.25, 0.3) is 0 Å². The van der Waals surface area contributed by atoms with E-state index in [-0.39, 0.29) is 18.1 Å². The van der Waals surface area contributed by atoms with Crippen LogP contribution in [0.2, 0.25) is 0 Å². The summed E-state index contributed by atoms with van der Waals surface area (Å²) in [5.41, 5.74) is 0.550. The molecular formula is C17H20FNO2. The van der Waals surface area contributed by atoms with Crippen LogP contribution in [0.1, 0.15) is 36.2 Å². The van der Waals surface area contributed by atoms with Crippen molar-refractivity contribution in [2.45, 2.75) is 20.3 Å². The number of likely N-dealkylation sites (tertiary alicyclic amines) is 1. The molecule has 1 saturated heterocycles. The average molecular weight is 289 g/mol. The van der Waals surface area contributed by atoms with Gasteiger partial charge in [0.1, 0.15) is 12.4 Å². The van der Waals surface area contributed by atoms with Crippen molar-refractivity contribution in [3.63, 3.8) is 0 Å². The van der Waals surface area contributed by atoms with E-state index in [1.54, 1.807) is 11.0 Å². The Morgan fingerprint density at radius 1 is 1.52 bits per heavy atom. The van der Waals surface area contributed by atoms with Gasteiger partial charge in [-0.05, 0) is 36.5 Å². The summed E-state index contributed by atoms with van der Waals surface area (Å²) in [7, 11) is 0. The fraction of sp³-hybridized carbons (Fsp3) is 0.471. The molecule has 1 N–H and O–H groups in total. The van der Waals surface area contributed by atoms with Crippen LogP contribution in [0, 0.1) is 29.5 Å². The van der Waals surface area contributed by atoms with Crippen molar-refractivity contribution >= 4 is 5.91 Å². The number of halogens is 1. The van der Waals surface area contributed by atoms with Gasteiger partial charge in [-0.15, -0.1) is 0 Å². The van der Waals surface area contributed by atoms with Crippen LogP contribution in [0.4, 0.5) is 4.39 Å². The molecule has 0 aromatic heterocycles. The summed E-state index contributed by atoms with van der Waals surface area (Å²) >= 11 is 0. The van der Waals surface area contributed by atoms with Gasteiger partial charge in [0.05, 0.1) is 5.56 Å². The molecule has 112 valence electrons. The average Bonchev–Trinajstić information content (AvgIpc) is 2.94. The van der Waals surface area contributed by atoms with Crippen molar-refractivity contribution in [1.29, 1.82) is 0 Å². The molecule has 0 saturated carbocycles. The molecule has 21 heavy (non-hydrogen) atoms. The first-order valence-corrected chi connectivity index (χ1v) is 7.21. The summed E-state index contributed by atoms with van der Waals surface area (Å²) in [6, 6.07) is 4.32. The number of rotatable bonds is 2. The van der Waals surface area contributed by atoms with E-state index in [1.807, 2.05) is 0 Å². The Morgan fingerprint density at radius 3 is 2.86 bits per heavy atom. The highest BCUT2D eigenvalue weighted by Gasteiger charge is 2.29. The molecule has 0 radical (unpaired) electrons.